The van der Waals surface area contributed by atoms with Crippen molar-refractivity contribution in [2.75, 3.05) is 11.9 Å². The van der Waals surface area contributed by atoms with Crippen molar-refractivity contribution in [2.45, 2.75) is 13.0 Å². The highest BCUT2D eigenvalue weighted by Gasteiger charge is 2.20. The molecule has 1 aliphatic rings. The standard InChI is InChI=1S/C16H16BrN3O3/c1-19-9-12(17)7-14(15(19)21)18-13-3-2-11-8-20(16(22)23)5-4-10(11)6-13/h2-3,6-7,9,18H,4-5,8H2,1H3,(H,22,23). The Bertz CT molecular complexity index is 832. The van der Waals surface area contributed by atoms with Crippen LogP contribution in [0.15, 0.2) is 39.7 Å². The zero-order valence-electron chi connectivity index (χ0n) is 12.5. The van der Waals surface area contributed by atoms with Crippen LogP contribution in [0, 0.1) is 0 Å². The summed E-state index contributed by atoms with van der Waals surface area (Å²) in [7, 11) is 1.70. The Morgan fingerprint density at radius 2 is 2.09 bits per heavy atom. The van der Waals surface area contributed by atoms with Crippen LogP contribution in [-0.2, 0) is 20.0 Å². The van der Waals surface area contributed by atoms with E-state index >= 15 is 0 Å². The van der Waals surface area contributed by atoms with Crippen molar-refractivity contribution in [2.24, 2.45) is 7.05 Å². The number of amides is 1. The first-order chi connectivity index (χ1) is 10.9. The third kappa shape index (κ3) is 3.24. The van der Waals surface area contributed by atoms with Gasteiger partial charge in [0.2, 0.25) is 0 Å². The van der Waals surface area contributed by atoms with Crippen LogP contribution in [0.3, 0.4) is 0 Å². The first-order valence-electron chi connectivity index (χ1n) is 7.17. The van der Waals surface area contributed by atoms with Gasteiger partial charge in [0.15, 0.2) is 0 Å². The predicted molar refractivity (Wildman–Crippen MR) is 91.2 cm³/mol. The van der Waals surface area contributed by atoms with Crippen molar-refractivity contribution in [1.29, 1.82) is 0 Å². The second-order valence-corrected chi connectivity index (χ2v) is 6.47. The molecule has 0 aliphatic carbocycles. The predicted octanol–water partition coefficient (Wildman–Crippen LogP) is 2.93. The molecule has 0 atom stereocenters. The van der Waals surface area contributed by atoms with E-state index in [4.69, 9.17) is 5.11 Å². The van der Waals surface area contributed by atoms with Crippen LogP contribution in [0.4, 0.5) is 16.2 Å². The van der Waals surface area contributed by atoms with Gasteiger partial charge in [0, 0.05) is 36.5 Å². The fourth-order valence-corrected chi connectivity index (χ4v) is 3.25. The van der Waals surface area contributed by atoms with Gasteiger partial charge in [0.05, 0.1) is 0 Å². The molecule has 1 aromatic heterocycles. The number of carbonyl (C=O) groups is 1. The highest BCUT2D eigenvalue weighted by molar-refractivity contribution is 9.10. The monoisotopic (exact) mass is 377 g/mol. The molecule has 0 saturated heterocycles. The van der Waals surface area contributed by atoms with E-state index < -0.39 is 6.09 Å². The van der Waals surface area contributed by atoms with E-state index in [1.807, 2.05) is 18.2 Å². The van der Waals surface area contributed by atoms with Gasteiger partial charge in [-0.05, 0) is 51.7 Å². The van der Waals surface area contributed by atoms with Gasteiger partial charge in [-0.3, -0.25) is 4.79 Å². The number of fused-ring (bicyclic) bond motifs is 1. The van der Waals surface area contributed by atoms with Crippen LogP contribution >= 0.6 is 15.9 Å². The molecule has 2 N–H and O–H groups in total. The number of nitrogens with zero attached hydrogens (tertiary/aromatic N) is 2. The summed E-state index contributed by atoms with van der Waals surface area (Å²) in [5.41, 5.74) is 3.32. The highest BCUT2D eigenvalue weighted by Crippen LogP contribution is 2.24. The Kier molecular flexibility index (Phi) is 4.12. The van der Waals surface area contributed by atoms with Crippen molar-refractivity contribution < 1.29 is 9.90 Å². The molecule has 1 aliphatic heterocycles. The lowest BCUT2D eigenvalue weighted by Crippen LogP contribution is -2.34. The van der Waals surface area contributed by atoms with Gasteiger partial charge < -0.3 is 19.9 Å². The molecular weight excluding hydrogens is 362 g/mol. The lowest BCUT2D eigenvalue weighted by atomic mass is 9.99. The molecule has 120 valence electrons. The molecule has 23 heavy (non-hydrogen) atoms. The maximum Gasteiger partial charge on any atom is 0.407 e. The lowest BCUT2D eigenvalue weighted by Gasteiger charge is -2.26. The number of nitrogens with one attached hydrogen (secondary N) is 1. The Balaban J connectivity index is 1.87. The van der Waals surface area contributed by atoms with E-state index in [1.54, 1.807) is 19.3 Å². The second-order valence-electron chi connectivity index (χ2n) is 5.55. The smallest absolute Gasteiger partial charge is 0.407 e. The first kappa shape index (κ1) is 15.6. The Hall–Kier alpha value is -2.28. The van der Waals surface area contributed by atoms with E-state index in [0.717, 1.165) is 21.3 Å². The van der Waals surface area contributed by atoms with E-state index in [0.29, 0.717) is 25.2 Å². The third-order valence-electron chi connectivity index (χ3n) is 3.92. The average molecular weight is 378 g/mol. The quantitative estimate of drug-likeness (QED) is 0.843. The summed E-state index contributed by atoms with van der Waals surface area (Å²) >= 11 is 3.38. The number of pyridine rings is 1. The molecule has 0 saturated carbocycles. The molecule has 2 aromatic rings. The number of rotatable bonds is 2. The Labute approximate surface area is 141 Å². The summed E-state index contributed by atoms with van der Waals surface area (Å²) in [5.74, 6) is 0. The summed E-state index contributed by atoms with van der Waals surface area (Å²) < 4.78 is 2.33. The summed E-state index contributed by atoms with van der Waals surface area (Å²) in [4.78, 5) is 24.6. The van der Waals surface area contributed by atoms with Crippen LogP contribution in [-0.4, -0.2) is 27.2 Å². The van der Waals surface area contributed by atoms with Crippen LogP contribution < -0.4 is 10.9 Å². The van der Waals surface area contributed by atoms with E-state index in [1.165, 1.54) is 9.47 Å². The SMILES string of the molecule is Cn1cc(Br)cc(Nc2ccc3c(c2)CCN(C(=O)O)C3)c1=O. The maximum absolute atomic E-state index is 12.1. The number of anilines is 2. The fourth-order valence-electron chi connectivity index (χ4n) is 2.71. The summed E-state index contributed by atoms with van der Waals surface area (Å²) in [6, 6.07) is 7.50. The normalized spacial score (nSPS) is 13.6. The maximum atomic E-state index is 12.1. The summed E-state index contributed by atoms with van der Waals surface area (Å²) in [5, 5.41) is 12.2. The molecule has 0 radical (unpaired) electrons. The number of carboxylic acid groups (broad SMARTS) is 1. The molecule has 1 aromatic carbocycles. The minimum Gasteiger partial charge on any atom is -0.465 e. The molecule has 0 bridgehead atoms. The van der Waals surface area contributed by atoms with Crippen molar-refractivity contribution in [3.05, 3.63) is 56.4 Å². The number of hydrogen-bond donors (Lipinski definition) is 2. The molecule has 6 nitrogen and oxygen atoms in total. The number of aryl methyl sites for hydroxylation is 1. The lowest BCUT2D eigenvalue weighted by molar-refractivity contribution is 0.140. The van der Waals surface area contributed by atoms with E-state index in [2.05, 4.69) is 21.2 Å². The minimum atomic E-state index is -0.893. The minimum absolute atomic E-state index is 0.108. The van der Waals surface area contributed by atoms with Gasteiger partial charge in [0.25, 0.3) is 5.56 Å². The largest absolute Gasteiger partial charge is 0.465 e. The fraction of sp³-hybridized carbons (Fsp3) is 0.250. The van der Waals surface area contributed by atoms with Crippen molar-refractivity contribution in [3.63, 3.8) is 0 Å². The van der Waals surface area contributed by atoms with Crippen molar-refractivity contribution >= 4 is 33.4 Å². The van der Waals surface area contributed by atoms with Gasteiger partial charge in [-0.2, -0.15) is 0 Å². The topological polar surface area (TPSA) is 74.6 Å². The van der Waals surface area contributed by atoms with Crippen LogP contribution in [0.1, 0.15) is 11.1 Å². The molecule has 0 fully saturated rings. The number of aromatic nitrogens is 1. The average Bonchev–Trinajstić information content (AvgIpc) is 2.51. The van der Waals surface area contributed by atoms with Crippen LogP contribution in [0.25, 0.3) is 0 Å². The second kappa shape index (κ2) is 6.08. The van der Waals surface area contributed by atoms with Crippen LogP contribution in [0.2, 0.25) is 0 Å². The molecule has 7 heteroatoms. The zero-order chi connectivity index (χ0) is 16.6. The molecule has 0 unspecified atom stereocenters. The number of benzene rings is 1. The molecule has 1 amide bonds. The van der Waals surface area contributed by atoms with E-state index in [-0.39, 0.29) is 5.56 Å². The van der Waals surface area contributed by atoms with Crippen LogP contribution in [0.5, 0.6) is 0 Å². The Morgan fingerprint density at radius 1 is 1.30 bits per heavy atom. The molecule has 0 spiro atoms. The summed E-state index contributed by atoms with van der Waals surface area (Å²) in [6.07, 6.45) is 1.49. The summed E-state index contributed by atoms with van der Waals surface area (Å²) in [6.45, 7) is 0.897. The molecule has 3 rings (SSSR count). The van der Waals surface area contributed by atoms with Gasteiger partial charge in [0.1, 0.15) is 5.69 Å². The van der Waals surface area contributed by atoms with Gasteiger partial charge in [-0.25, -0.2) is 4.79 Å². The van der Waals surface area contributed by atoms with Gasteiger partial charge in [-0.15, -0.1) is 0 Å². The number of hydrogen-bond acceptors (Lipinski definition) is 3. The molecular formula is C16H16BrN3O3. The third-order valence-corrected chi connectivity index (χ3v) is 4.35. The van der Waals surface area contributed by atoms with E-state index in [9.17, 15) is 9.59 Å². The zero-order valence-corrected chi connectivity index (χ0v) is 14.1. The Morgan fingerprint density at radius 3 is 2.83 bits per heavy atom. The van der Waals surface area contributed by atoms with Crippen molar-refractivity contribution in [3.8, 4) is 0 Å². The molecule has 2 heterocycles. The highest BCUT2D eigenvalue weighted by atomic mass is 79.9. The first-order valence-corrected chi connectivity index (χ1v) is 7.96. The van der Waals surface area contributed by atoms with Crippen molar-refractivity contribution in [1.82, 2.24) is 9.47 Å². The van der Waals surface area contributed by atoms with Gasteiger partial charge in [-0.1, -0.05) is 6.07 Å². The number of halogens is 1. The van der Waals surface area contributed by atoms with Gasteiger partial charge >= 0.3 is 6.09 Å².